The molecule has 0 unspecified atom stereocenters. The first kappa shape index (κ1) is 14.0. The second-order valence-corrected chi connectivity index (χ2v) is 5.44. The Kier molecular flexibility index (Phi) is 3.87. The number of ether oxygens (including phenoxy) is 1. The summed E-state index contributed by atoms with van der Waals surface area (Å²) in [4.78, 5) is 13.1. The van der Waals surface area contributed by atoms with Crippen LogP contribution in [0.2, 0.25) is 0 Å². The molecular formula is C14H18FNO3. The van der Waals surface area contributed by atoms with Crippen molar-refractivity contribution < 1.29 is 19.0 Å². The molecule has 1 saturated heterocycles. The summed E-state index contributed by atoms with van der Waals surface area (Å²) in [5, 5.41) is 8.91. The molecule has 1 fully saturated rings. The average molecular weight is 267 g/mol. The normalized spacial score (nSPS) is 19.3. The molecule has 1 aromatic rings. The van der Waals surface area contributed by atoms with Gasteiger partial charge in [-0.2, -0.15) is 0 Å². The van der Waals surface area contributed by atoms with Crippen molar-refractivity contribution in [3.63, 3.8) is 0 Å². The number of hydrogen-bond acceptors (Lipinski definition) is 3. The summed E-state index contributed by atoms with van der Waals surface area (Å²) in [7, 11) is 0. The topological polar surface area (TPSA) is 49.8 Å². The third kappa shape index (κ3) is 3.52. The number of hydrogen-bond donors (Lipinski definition) is 1. The standard InChI is InChI=1S/C14H18FNO3/c1-14(2)9-16(5-6-19-14)8-10-3-4-12(15)11(7-10)13(17)18/h3-4,7H,5-6,8-9H2,1-2H3,(H,17,18). The lowest BCUT2D eigenvalue weighted by atomic mass is 10.1. The van der Waals surface area contributed by atoms with E-state index >= 15 is 0 Å². The Bertz CT molecular complexity index is 488. The monoisotopic (exact) mass is 267 g/mol. The van der Waals surface area contributed by atoms with Gasteiger partial charge in [0.05, 0.1) is 17.8 Å². The van der Waals surface area contributed by atoms with Crippen molar-refractivity contribution in [3.05, 3.63) is 35.1 Å². The molecule has 0 radical (unpaired) electrons. The molecule has 0 atom stereocenters. The summed E-state index contributed by atoms with van der Waals surface area (Å²) in [6.07, 6.45) is 0. The first-order valence-corrected chi connectivity index (χ1v) is 6.25. The molecular weight excluding hydrogens is 249 g/mol. The molecule has 0 saturated carbocycles. The summed E-state index contributed by atoms with van der Waals surface area (Å²) in [5.41, 5.74) is 0.329. The van der Waals surface area contributed by atoms with Gasteiger partial charge in [0.1, 0.15) is 5.82 Å². The van der Waals surface area contributed by atoms with Crippen molar-refractivity contribution in [1.29, 1.82) is 0 Å². The lowest BCUT2D eigenvalue weighted by Crippen LogP contribution is -2.47. The fourth-order valence-electron chi connectivity index (χ4n) is 2.34. The number of carbonyl (C=O) groups is 1. The van der Waals surface area contributed by atoms with Gasteiger partial charge in [-0.1, -0.05) is 6.07 Å². The molecule has 1 aliphatic rings. The predicted molar refractivity (Wildman–Crippen MR) is 68.7 cm³/mol. The van der Waals surface area contributed by atoms with Gasteiger partial charge in [-0.3, -0.25) is 4.90 Å². The van der Waals surface area contributed by atoms with E-state index in [1.165, 1.54) is 12.1 Å². The summed E-state index contributed by atoms with van der Waals surface area (Å²) in [5.74, 6) is -1.93. The van der Waals surface area contributed by atoms with Crippen molar-refractivity contribution in [2.75, 3.05) is 19.7 Å². The highest BCUT2D eigenvalue weighted by molar-refractivity contribution is 5.88. The number of benzene rings is 1. The summed E-state index contributed by atoms with van der Waals surface area (Å²) < 4.78 is 18.9. The lowest BCUT2D eigenvalue weighted by molar-refractivity contribution is -0.0882. The molecule has 1 aromatic carbocycles. The third-order valence-corrected chi connectivity index (χ3v) is 3.17. The van der Waals surface area contributed by atoms with Crippen LogP contribution in [0.25, 0.3) is 0 Å². The molecule has 0 aliphatic carbocycles. The molecule has 0 amide bonds. The fourth-order valence-corrected chi connectivity index (χ4v) is 2.34. The smallest absolute Gasteiger partial charge is 0.338 e. The minimum atomic E-state index is -1.23. The van der Waals surface area contributed by atoms with Gasteiger partial charge in [0, 0.05) is 19.6 Å². The van der Waals surface area contributed by atoms with Gasteiger partial charge in [-0.15, -0.1) is 0 Å². The van der Waals surface area contributed by atoms with Crippen molar-refractivity contribution in [2.45, 2.75) is 26.0 Å². The Hall–Kier alpha value is -1.46. The van der Waals surface area contributed by atoms with Gasteiger partial charge in [-0.25, -0.2) is 9.18 Å². The van der Waals surface area contributed by atoms with Gasteiger partial charge < -0.3 is 9.84 Å². The van der Waals surface area contributed by atoms with Crippen molar-refractivity contribution >= 4 is 5.97 Å². The van der Waals surface area contributed by atoms with Crippen LogP contribution in [0.15, 0.2) is 18.2 Å². The zero-order chi connectivity index (χ0) is 14.0. The Morgan fingerprint density at radius 1 is 1.53 bits per heavy atom. The number of rotatable bonds is 3. The maximum Gasteiger partial charge on any atom is 0.338 e. The fraction of sp³-hybridized carbons (Fsp3) is 0.500. The Balaban J connectivity index is 2.11. The zero-order valence-corrected chi connectivity index (χ0v) is 11.1. The lowest BCUT2D eigenvalue weighted by Gasteiger charge is -2.38. The van der Waals surface area contributed by atoms with Crippen LogP contribution in [-0.2, 0) is 11.3 Å². The maximum absolute atomic E-state index is 13.3. The largest absolute Gasteiger partial charge is 0.478 e. The average Bonchev–Trinajstić information content (AvgIpc) is 2.30. The van der Waals surface area contributed by atoms with E-state index in [4.69, 9.17) is 9.84 Å². The van der Waals surface area contributed by atoms with Crippen LogP contribution in [0, 0.1) is 5.82 Å². The van der Waals surface area contributed by atoms with Crippen LogP contribution < -0.4 is 0 Å². The van der Waals surface area contributed by atoms with E-state index in [1.54, 1.807) is 6.07 Å². The van der Waals surface area contributed by atoms with Gasteiger partial charge in [0.2, 0.25) is 0 Å². The highest BCUT2D eigenvalue weighted by atomic mass is 19.1. The number of aromatic carboxylic acids is 1. The van der Waals surface area contributed by atoms with E-state index in [9.17, 15) is 9.18 Å². The van der Waals surface area contributed by atoms with Gasteiger partial charge in [-0.05, 0) is 31.5 Å². The first-order valence-electron chi connectivity index (χ1n) is 6.25. The Labute approximate surface area is 111 Å². The van der Waals surface area contributed by atoms with Crippen molar-refractivity contribution in [1.82, 2.24) is 4.90 Å². The van der Waals surface area contributed by atoms with Crippen molar-refractivity contribution in [3.8, 4) is 0 Å². The van der Waals surface area contributed by atoms with E-state index in [0.717, 1.165) is 18.7 Å². The second-order valence-electron chi connectivity index (χ2n) is 5.44. The quantitative estimate of drug-likeness (QED) is 0.911. The molecule has 0 spiro atoms. The van der Waals surface area contributed by atoms with Gasteiger partial charge in [0.15, 0.2) is 0 Å². The number of carboxylic acids is 1. The Morgan fingerprint density at radius 2 is 2.26 bits per heavy atom. The van der Waals surface area contributed by atoms with Gasteiger partial charge >= 0.3 is 5.97 Å². The third-order valence-electron chi connectivity index (χ3n) is 3.17. The molecule has 0 bridgehead atoms. The number of nitrogens with zero attached hydrogens (tertiary/aromatic N) is 1. The predicted octanol–water partition coefficient (Wildman–Crippen LogP) is 2.13. The highest BCUT2D eigenvalue weighted by Gasteiger charge is 2.27. The molecule has 0 aromatic heterocycles. The Morgan fingerprint density at radius 3 is 2.89 bits per heavy atom. The highest BCUT2D eigenvalue weighted by Crippen LogP contribution is 2.19. The van der Waals surface area contributed by atoms with E-state index in [0.29, 0.717) is 13.2 Å². The molecule has 1 aliphatic heterocycles. The number of morpholine rings is 1. The minimum Gasteiger partial charge on any atom is -0.478 e. The summed E-state index contributed by atoms with van der Waals surface area (Å²) >= 11 is 0. The molecule has 4 nitrogen and oxygen atoms in total. The maximum atomic E-state index is 13.3. The summed E-state index contributed by atoms with van der Waals surface area (Å²) in [6, 6.07) is 4.24. The van der Waals surface area contributed by atoms with Gasteiger partial charge in [0.25, 0.3) is 0 Å². The van der Waals surface area contributed by atoms with Crippen LogP contribution >= 0.6 is 0 Å². The molecule has 5 heteroatoms. The van der Waals surface area contributed by atoms with E-state index in [-0.39, 0.29) is 11.2 Å². The van der Waals surface area contributed by atoms with Crippen LogP contribution in [0.1, 0.15) is 29.8 Å². The molecule has 1 N–H and O–H groups in total. The van der Waals surface area contributed by atoms with E-state index in [1.807, 2.05) is 13.8 Å². The molecule has 104 valence electrons. The summed E-state index contributed by atoms with van der Waals surface area (Å²) in [6.45, 7) is 6.86. The number of carboxylic acid groups (broad SMARTS) is 1. The van der Waals surface area contributed by atoms with Crippen LogP contribution in [0.5, 0.6) is 0 Å². The van der Waals surface area contributed by atoms with Crippen LogP contribution in [0.4, 0.5) is 4.39 Å². The van der Waals surface area contributed by atoms with E-state index < -0.39 is 11.8 Å². The van der Waals surface area contributed by atoms with E-state index in [2.05, 4.69) is 4.90 Å². The zero-order valence-electron chi connectivity index (χ0n) is 11.1. The number of halogens is 1. The van der Waals surface area contributed by atoms with Crippen molar-refractivity contribution in [2.24, 2.45) is 0 Å². The van der Waals surface area contributed by atoms with Crippen LogP contribution in [0.3, 0.4) is 0 Å². The minimum absolute atomic E-state index is 0.200. The first-order chi connectivity index (χ1) is 8.87. The second kappa shape index (κ2) is 5.27. The molecule has 2 rings (SSSR count). The molecule has 1 heterocycles. The SMILES string of the molecule is CC1(C)CN(Cc2ccc(F)c(C(=O)O)c2)CCO1. The molecule has 19 heavy (non-hydrogen) atoms. The van der Waals surface area contributed by atoms with Crippen LogP contribution in [-0.4, -0.2) is 41.3 Å².